The van der Waals surface area contributed by atoms with Gasteiger partial charge in [-0.05, 0) is 36.8 Å². The van der Waals surface area contributed by atoms with Crippen LogP contribution >= 0.6 is 0 Å². The lowest BCUT2D eigenvalue weighted by atomic mass is 10.1. The molecule has 0 fully saturated rings. The highest BCUT2D eigenvalue weighted by Gasteiger charge is 2.22. The number of carbonyl (C=O) groups excluding carboxylic acids is 1. The van der Waals surface area contributed by atoms with Crippen LogP contribution in [-0.2, 0) is 7.05 Å². The molecule has 0 bridgehead atoms. The molecule has 8 nitrogen and oxygen atoms in total. The molecule has 2 N–H and O–H groups in total. The molecule has 27 heavy (non-hydrogen) atoms. The first-order chi connectivity index (χ1) is 13.0. The van der Waals surface area contributed by atoms with E-state index in [4.69, 9.17) is 10.2 Å². The lowest BCUT2D eigenvalue weighted by molar-refractivity contribution is 0.252. The number of hydrogen-bond acceptors (Lipinski definition) is 5. The average Bonchev–Trinajstić information content (AvgIpc) is 3.27. The minimum Gasteiger partial charge on any atom is -0.436 e. The molecule has 0 aliphatic heterocycles. The second kappa shape index (κ2) is 6.56. The second-order valence-electron chi connectivity index (χ2n) is 6.24. The smallest absolute Gasteiger partial charge is 0.319 e. The third-order valence-corrected chi connectivity index (χ3v) is 4.42. The van der Waals surface area contributed by atoms with E-state index in [1.54, 1.807) is 35.4 Å². The van der Waals surface area contributed by atoms with Crippen molar-refractivity contribution < 1.29 is 9.21 Å². The summed E-state index contributed by atoms with van der Waals surface area (Å²) >= 11 is 0. The molecular weight excluding hydrogens is 344 g/mol. The van der Waals surface area contributed by atoms with E-state index in [-0.39, 0.29) is 6.04 Å². The van der Waals surface area contributed by atoms with E-state index >= 15 is 0 Å². The van der Waals surface area contributed by atoms with Crippen LogP contribution in [-0.4, -0.2) is 25.8 Å². The van der Waals surface area contributed by atoms with E-state index in [0.717, 1.165) is 11.1 Å². The predicted octanol–water partition coefficient (Wildman–Crippen LogP) is 3.27. The molecule has 0 radical (unpaired) electrons. The third-order valence-electron chi connectivity index (χ3n) is 4.42. The largest absolute Gasteiger partial charge is 0.436 e. The highest BCUT2D eigenvalue weighted by molar-refractivity contribution is 5.93. The number of nitrogens with zero attached hydrogens (tertiary/aromatic N) is 5. The van der Waals surface area contributed by atoms with Gasteiger partial charge in [0.05, 0.1) is 17.8 Å². The van der Waals surface area contributed by atoms with Crippen LogP contribution in [0.1, 0.15) is 18.5 Å². The van der Waals surface area contributed by atoms with E-state index < -0.39 is 6.03 Å². The number of urea groups is 1. The predicted molar refractivity (Wildman–Crippen MR) is 101 cm³/mol. The highest BCUT2D eigenvalue weighted by Crippen LogP contribution is 2.31. The van der Waals surface area contributed by atoms with Gasteiger partial charge >= 0.3 is 6.03 Å². The standard InChI is InChI=1S/C19H18N6O2/c1-12(13-5-7-21-8-6-13)25(19(20)26)15-3-4-16-17(9-15)27-18(23-16)14-10-22-24(2)11-14/h3-12H,1-2H3,(H2,20,26). The van der Waals surface area contributed by atoms with Crippen LogP contribution in [0.25, 0.3) is 22.6 Å². The van der Waals surface area contributed by atoms with Gasteiger partial charge in [-0.25, -0.2) is 9.78 Å². The summed E-state index contributed by atoms with van der Waals surface area (Å²) in [6.45, 7) is 1.91. The van der Waals surface area contributed by atoms with Crippen molar-refractivity contribution in [2.75, 3.05) is 4.90 Å². The molecule has 2 amide bonds. The summed E-state index contributed by atoms with van der Waals surface area (Å²) in [7, 11) is 1.83. The molecule has 0 aliphatic carbocycles. The Morgan fingerprint density at radius 2 is 2.04 bits per heavy atom. The number of rotatable bonds is 4. The highest BCUT2D eigenvalue weighted by atomic mass is 16.3. The second-order valence-corrected chi connectivity index (χ2v) is 6.24. The maximum Gasteiger partial charge on any atom is 0.319 e. The molecule has 4 rings (SSSR count). The number of nitrogens with two attached hydrogens (primary N) is 1. The molecule has 136 valence electrons. The van der Waals surface area contributed by atoms with Crippen LogP contribution in [0.3, 0.4) is 0 Å². The molecule has 3 aromatic heterocycles. The number of aryl methyl sites for hydroxylation is 1. The van der Waals surface area contributed by atoms with Crippen molar-refractivity contribution in [1.82, 2.24) is 19.7 Å². The zero-order chi connectivity index (χ0) is 19.0. The van der Waals surface area contributed by atoms with Crippen molar-refractivity contribution >= 4 is 22.8 Å². The summed E-state index contributed by atoms with van der Waals surface area (Å²) in [5.74, 6) is 0.475. The summed E-state index contributed by atoms with van der Waals surface area (Å²) < 4.78 is 7.55. The summed E-state index contributed by atoms with van der Waals surface area (Å²) in [5.41, 5.74) is 9.27. The fraction of sp³-hybridized carbons (Fsp3) is 0.158. The number of carbonyl (C=O) groups is 1. The van der Waals surface area contributed by atoms with Gasteiger partial charge in [0, 0.05) is 37.4 Å². The maximum atomic E-state index is 12.2. The number of anilines is 1. The summed E-state index contributed by atoms with van der Waals surface area (Å²) in [4.78, 5) is 22.2. The lowest BCUT2D eigenvalue weighted by Gasteiger charge is -2.27. The first-order valence-corrected chi connectivity index (χ1v) is 8.41. The molecular formula is C19H18N6O2. The number of pyridine rings is 1. The van der Waals surface area contributed by atoms with Crippen LogP contribution in [0.2, 0.25) is 0 Å². The Bertz CT molecular complexity index is 1100. The molecule has 0 saturated carbocycles. The summed E-state index contributed by atoms with van der Waals surface area (Å²) in [6, 6.07) is 8.28. The Morgan fingerprint density at radius 3 is 2.70 bits per heavy atom. The van der Waals surface area contributed by atoms with E-state index in [0.29, 0.717) is 22.7 Å². The van der Waals surface area contributed by atoms with E-state index in [9.17, 15) is 4.79 Å². The van der Waals surface area contributed by atoms with Crippen LogP contribution < -0.4 is 10.6 Å². The molecule has 0 saturated heterocycles. The Morgan fingerprint density at radius 1 is 1.26 bits per heavy atom. The lowest BCUT2D eigenvalue weighted by Crippen LogP contribution is -2.37. The summed E-state index contributed by atoms with van der Waals surface area (Å²) in [6.07, 6.45) is 6.88. The number of aromatic nitrogens is 4. The topological polar surface area (TPSA) is 103 Å². The fourth-order valence-electron chi connectivity index (χ4n) is 3.05. The van der Waals surface area contributed by atoms with Crippen molar-refractivity contribution in [3.8, 4) is 11.5 Å². The Balaban J connectivity index is 1.73. The monoisotopic (exact) mass is 362 g/mol. The van der Waals surface area contributed by atoms with Crippen LogP contribution in [0.4, 0.5) is 10.5 Å². The summed E-state index contributed by atoms with van der Waals surface area (Å²) in [5, 5.41) is 4.13. The molecule has 4 aromatic rings. The Kier molecular flexibility index (Phi) is 4.08. The molecule has 1 unspecified atom stereocenters. The van der Waals surface area contributed by atoms with Crippen molar-refractivity contribution in [1.29, 1.82) is 0 Å². The van der Waals surface area contributed by atoms with Gasteiger partial charge < -0.3 is 10.2 Å². The fourth-order valence-corrected chi connectivity index (χ4v) is 3.05. The van der Waals surface area contributed by atoms with Crippen LogP contribution in [0, 0.1) is 0 Å². The van der Waals surface area contributed by atoms with Crippen LogP contribution in [0.15, 0.2) is 59.5 Å². The number of hydrogen-bond donors (Lipinski definition) is 1. The van der Waals surface area contributed by atoms with E-state index in [2.05, 4.69) is 15.1 Å². The Hall–Kier alpha value is -3.68. The van der Waals surface area contributed by atoms with Gasteiger partial charge in [-0.2, -0.15) is 5.10 Å². The van der Waals surface area contributed by atoms with E-state index in [1.165, 1.54) is 4.90 Å². The van der Waals surface area contributed by atoms with Gasteiger partial charge in [-0.15, -0.1) is 0 Å². The zero-order valence-corrected chi connectivity index (χ0v) is 14.9. The van der Waals surface area contributed by atoms with Gasteiger partial charge in [0.15, 0.2) is 5.58 Å². The van der Waals surface area contributed by atoms with Crippen molar-refractivity contribution in [2.45, 2.75) is 13.0 Å². The number of primary amides is 1. The number of amides is 2. The van der Waals surface area contributed by atoms with Crippen molar-refractivity contribution in [2.24, 2.45) is 12.8 Å². The first-order valence-electron chi connectivity index (χ1n) is 8.41. The molecule has 1 atom stereocenters. The van der Waals surface area contributed by atoms with Gasteiger partial charge in [0.2, 0.25) is 5.89 Å². The zero-order valence-electron chi connectivity index (χ0n) is 14.9. The molecule has 0 aliphatic rings. The van der Waals surface area contributed by atoms with E-state index in [1.807, 2.05) is 38.4 Å². The third kappa shape index (κ3) is 3.12. The molecule has 3 heterocycles. The van der Waals surface area contributed by atoms with Gasteiger partial charge in [-0.1, -0.05) is 0 Å². The number of fused-ring (bicyclic) bond motifs is 1. The van der Waals surface area contributed by atoms with Gasteiger partial charge in [0.1, 0.15) is 5.52 Å². The van der Waals surface area contributed by atoms with Crippen molar-refractivity contribution in [3.05, 3.63) is 60.7 Å². The molecule has 1 aromatic carbocycles. The van der Waals surface area contributed by atoms with Crippen LogP contribution in [0.5, 0.6) is 0 Å². The normalized spacial score (nSPS) is 12.2. The molecule has 0 spiro atoms. The van der Waals surface area contributed by atoms with Gasteiger partial charge in [-0.3, -0.25) is 14.6 Å². The Labute approximate surface area is 155 Å². The molecule has 8 heteroatoms. The maximum absolute atomic E-state index is 12.2. The SMILES string of the molecule is CC(c1ccncc1)N(C(N)=O)c1ccc2nc(-c3cnn(C)c3)oc2c1. The minimum atomic E-state index is -0.550. The van der Waals surface area contributed by atoms with Crippen molar-refractivity contribution in [3.63, 3.8) is 0 Å². The number of oxazole rings is 1. The minimum absolute atomic E-state index is 0.260. The quantitative estimate of drug-likeness (QED) is 0.600. The first kappa shape index (κ1) is 16.8. The average molecular weight is 362 g/mol. The van der Waals surface area contributed by atoms with Gasteiger partial charge in [0.25, 0.3) is 0 Å². The number of benzene rings is 1.